The Balaban J connectivity index is 1.11. The van der Waals surface area contributed by atoms with Crippen LogP contribution in [0.1, 0.15) is 62.3 Å². The van der Waals surface area contributed by atoms with Crippen LogP contribution in [0.4, 0.5) is 9.59 Å². The fraction of sp³-hybridized carbons (Fsp3) is 0.476. The maximum Gasteiger partial charge on any atom is 0.407 e. The van der Waals surface area contributed by atoms with Crippen LogP contribution in [0.3, 0.4) is 0 Å². The molecule has 2 saturated heterocycles. The number of likely N-dealkylation sites (N-methyl/N-ethyl adjacent to an activating group) is 2. The number of imidazole rings is 2. The summed E-state index contributed by atoms with van der Waals surface area (Å²) in [4.78, 5) is 77.1. The molecular weight excluding hydrogens is 741 g/mol. The van der Waals surface area contributed by atoms with Gasteiger partial charge in [0.05, 0.1) is 35.9 Å². The minimum atomic E-state index is -1.13. The average molecular weight is 797 g/mol. The van der Waals surface area contributed by atoms with Gasteiger partial charge in [-0.3, -0.25) is 19.4 Å². The van der Waals surface area contributed by atoms with E-state index in [0.29, 0.717) is 50.7 Å². The molecule has 4 N–H and O–H groups in total. The van der Waals surface area contributed by atoms with Crippen LogP contribution in [-0.4, -0.2) is 164 Å². The van der Waals surface area contributed by atoms with Crippen LogP contribution >= 0.6 is 0 Å². The van der Waals surface area contributed by atoms with Gasteiger partial charge in [0.15, 0.2) is 0 Å². The molecule has 0 saturated carbocycles. The number of nitrogens with zero attached hydrogens (tertiary/aromatic N) is 8. The van der Waals surface area contributed by atoms with Crippen LogP contribution in [0.2, 0.25) is 0 Å². The topological polar surface area (TPSA) is 186 Å². The van der Waals surface area contributed by atoms with Crippen LogP contribution in [0.15, 0.2) is 60.9 Å². The zero-order valence-electron chi connectivity index (χ0n) is 34.3. The molecule has 4 atom stereocenters. The molecule has 6 rings (SSSR count). The first kappa shape index (κ1) is 41.9. The van der Waals surface area contributed by atoms with Crippen LogP contribution in [-0.2, 0) is 9.59 Å². The average Bonchev–Trinajstić information content (AvgIpc) is 4.04. The van der Waals surface area contributed by atoms with E-state index in [9.17, 15) is 29.4 Å². The minimum Gasteiger partial charge on any atom is -0.465 e. The van der Waals surface area contributed by atoms with Crippen LogP contribution in [0, 0.1) is 0 Å². The Labute approximate surface area is 339 Å². The lowest BCUT2D eigenvalue weighted by molar-refractivity contribution is -0.138. The van der Waals surface area contributed by atoms with E-state index in [-0.39, 0.29) is 23.9 Å². The highest BCUT2D eigenvalue weighted by atomic mass is 16.4. The van der Waals surface area contributed by atoms with Gasteiger partial charge in [0, 0.05) is 40.3 Å². The quantitative estimate of drug-likeness (QED) is 0.123. The number of likely N-dealkylation sites (tertiary alicyclic amines) is 2. The van der Waals surface area contributed by atoms with Gasteiger partial charge in [-0.15, -0.1) is 0 Å². The number of amides is 4. The predicted molar refractivity (Wildman–Crippen MR) is 220 cm³/mol. The van der Waals surface area contributed by atoms with Crippen molar-refractivity contribution in [3.63, 3.8) is 0 Å². The van der Waals surface area contributed by atoms with Crippen molar-refractivity contribution in [3.8, 4) is 33.6 Å². The summed E-state index contributed by atoms with van der Waals surface area (Å²) in [5.41, 5.74) is 5.64. The molecule has 16 heteroatoms. The van der Waals surface area contributed by atoms with Crippen molar-refractivity contribution in [3.05, 3.63) is 72.6 Å². The molecular formula is C42H56N10O6. The Morgan fingerprint density at radius 1 is 0.621 bits per heavy atom. The molecule has 310 valence electrons. The number of carbonyl (C=O) groups is 4. The van der Waals surface area contributed by atoms with Gasteiger partial charge in [-0.05, 0) is 89.0 Å². The van der Waals surface area contributed by atoms with E-state index < -0.39 is 24.3 Å². The van der Waals surface area contributed by atoms with Crippen LogP contribution in [0.5, 0.6) is 0 Å². The summed E-state index contributed by atoms with van der Waals surface area (Å²) in [6.45, 7) is 2.27. The molecule has 0 radical (unpaired) electrons. The second kappa shape index (κ2) is 18.2. The Hall–Kier alpha value is -5.74. The highest BCUT2D eigenvalue weighted by Crippen LogP contribution is 2.35. The molecule has 4 aromatic rings. The van der Waals surface area contributed by atoms with Crippen molar-refractivity contribution in [2.75, 3.05) is 68.5 Å². The van der Waals surface area contributed by atoms with E-state index >= 15 is 0 Å². The zero-order valence-corrected chi connectivity index (χ0v) is 34.3. The van der Waals surface area contributed by atoms with Gasteiger partial charge in [-0.25, -0.2) is 19.6 Å². The summed E-state index contributed by atoms with van der Waals surface area (Å²) in [7, 11) is 10.5. The van der Waals surface area contributed by atoms with Gasteiger partial charge in [0.1, 0.15) is 23.7 Å². The third-order valence-electron chi connectivity index (χ3n) is 11.4. The smallest absolute Gasteiger partial charge is 0.407 e. The van der Waals surface area contributed by atoms with Crippen molar-refractivity contribution in [1.29, 1.82) is 0 Å². The Morgan fingerprint density at radius 3 is 1.29 bits per heavy atom. The fourth-order valence-corrected chi connectivity index (χ4v) is 8.00. The maximum absolute atomic E-state index is 13.7. The number of carboxylic acid groups (broad SMARTS) is 2. The highest BCUT2D eigenvalue weighted by Gasteiger charge is 2.39. The van der Waals surface area contributed by atoms with Crippen molar-refractivity contribution in [2.45, 2.75) is 62.7 Å². The number of hydrogen-bond acceptors (Lipinski definition) is 8. The van der Waals surface area contributed by atoms with Crippen molar-refractivity contribution in [1.82, 2.24) is 49.3 Å². The molecule has 2 aliphatic heterocycles. The largest absolute Gasteiger partial charge is 0.465 e. The molecule has 2 aromatic carbocycles. The van der Waals surface area contributed by atoms with Gasteiger partial charge < -0.3 is 39.8 Å². The predicted octanol–water partition coefficient (Wildman–Crippen LogP) is 5.32. The second-order valence-electron chi connectivity index (χ2n) is 15.9. The van der Waals surface area contributed by atoms with Crippen LogP contribution in [0.25, 0.3) is 33.6 Å². The minimum absolute atomic E-state index is 0.199. The number of aromatic nitrogens is 4. The third kappa shape index (κ3) is 9.34. The number of carbonyl (C=O) groups excluding carboxylic acids is 2. The summed E-state index contributed by atoms with van der Waals surface area (Å²) in [5, 5.41) is 19.4. The summed E-state index contributed by atoms with van der Waals surface area (Å²) < 4.78 is 0. The van der Waals surface area contributed by atoms with E-state index in [1.165, 1.54) is 14.1 Å². The molecule has 4 amide bonds. The zero-order chi connectivity index (χ0) is 41.7. The number of aromatic amines is 2. The molecule has 2 fully saturated rings. The summed E-state index contributed by atoms with van der Waals surface area (Å²) in [6, 6.07) is 14.3. The number of rotatable bonds is 15. The standard InChI is InChI=1S/C42H56N10O6/c1-47(2)23-19-35(49(5)41(55)56)39(53)51-21-7-9-33(51)37-43-25-31(45-37)29-15-11-27(12-16-29)28-13-17-30(18-14-28)32-26-44-38(46-32)34-10-8-22-52(34)40(54)36(20-24-48(3)4)50(6)42(57)58/h11-18,25-26,33-36H,7-10,19-24H2,1-6H3,(H,43,45)(H,44,46)(H,55,56)(H,57,58)/t33-,34-,35-,36-/m0/s1. The molecule has 2 aromatic heterocycles. The molecule has 16 nitrogen and oxygen atoms in total. The second-order valence-corrected chi connectivity index (χ2v) is 15.9. The first-order valence-electron chi connectivity index (χ1n) is 19.9. The maximum atomic E-state index is 13.7. The number of nitrogens with one attached hydrogen (secondary N) is 2. The lowest BCUT2D eigenvalue weighted by Crippen LogP contribution is -2.49. The fourth-order valence-electron chi connectivity index (χ4n) is 8.00. The first-order valence-corrected chi connectivity index (χ1v) is 19.9. The monoisotopic (exact) mass is 796 g/mol. The van der Waals surface area contributed by atoms with Gasteiger partial charge in [-0.2, -0.15) is 0 Å². The molecule has 58 heavy (non-hydrogen) atoms. The number of benzene rings is 2. The number of H-pyrrole nitrogens is 2. The van der Waals surface area contributed by atoms with Gasteiger partial charge in [0.25, 0.3) is 0 Å². The van der Waals surface area contributed by atoms with E-state index in [0.717, 1.165) is 69.1 Å². The van der Waals surface area contributed by atoms with E-state index in [1.807, 2.05) is 62.3 Å². The molecule has 0 bridgehead atoms. The van der Waals surface area contributed by atoms with E-state index in [2.05, 4.69) is 44.2 Å². The first-order chi connectivity index (χ1) is 27.7. The van der Waals surface area contributed by atoms with Crippen molar-refractivity contribution < 1.29 is 29.4 Å². The molecule has 0 aliphatic carbocycles. The Bertz CT molecular complexity index is 1900. The normalized spacial score (nSPS) is 17.9. The van der Waals surface area contributed by atoms with Crippen LogP contribution < -0.4 is 0 Å². The summed E-state index contributed by atoms with van der Waals surface area (Å²) >= 11 is 0. The Morgan fingerprint density at radius 2 is 0.966 bits per heavy atom. The van der Waals surface area contributed by atoms with E-state index in [1.54, 1.807) is 22.2 Å². The SMILES string of the molecule is CN(C)CC[C@@H](C(=O)N1CCC[C@H]1c1ncc(-c2ccc(-c3ccc(-c4cnc([C@@H]5CCCN5C(=O)[C@H](CCN(C)C)N(C)C(=O)O)[nH]4)cc3)cc2)[nH]1)N(C)C(=O)O. The molecule has 0 unspecified atom stereocenters. The third-order valence-corrected chi connectivity index (χ3v) is 11.4. The lowest BCUT2D eigenvalue weighted by atomic mass is 10.0. The van der Waals surface area contributed by atoms with E-state index in [4.69, 9.17) is 0 Å². The lowest BCUT2D eigenvalue weighted by Gasteiger charge is -2.32. The van der Waals surface area contributed by atoms with Gasteiger partial charge in [-0.1, -0.05) is 48.5 Å². The Kier molecular flexibility index (Phi) is 13.2. The summed E-state index contributed by atoms with van der Waals surface area (Å²) in [6.07, 6.45) is 5.22. The van der Waals surface area contributed by atoms with Gasteiger partial charge >= 0.3 is 12.2 Å². The van der Waals surface area contributed by atoms with Gasteiger partial charge in [0.2, 0.25) is 11.8 Å². The molecule has 2 aliphatic rings. The van der Waals surface area contributed by atoms with Crippen molar-refractivity contribution >= 4 is 24.0 Å². The molecule has 0 spiro atoms. The number of hydrogen-bond donors (Lipinski definition) is 4. The molecule has 4 heterocycles. The highest BCUT2D eigenvalue weighted by molar-refractivity contribution is 5.86. The van der Waals surface area contributed by atoms with Crippen molar-refractivity contribution in [2.24, 2.45) is 0 Å². The summed E-state index contributed by atoms with van der Waals surface area (Å²) in [5.74, 6) is 0.980.